The molecule has 8 nitrogen and oxygen atoms in total. The third-order valence-electron chi connectivity index (χ3n) is 5.17. The second-order valence-electron chi connectivity index (χ2n) is 7.74. The SMILES string of the molecule is COC1=CC(F)(C(=O)Nc2ccc(CNCC(O)CC(=O)O)cn2)C(Cl)C(c2ccccc2)=C1. The Morgan fingerprint density at radius 1 is 1.26 bits per heavy atom. The maximum atomic E-state index is 16.0. The smallest absolute Gasteiger partial charge is 0.306 e. The summed E-state index contributed by atoms with van der Waals surface area (Å²) in [7, 11) is 1.38. The van der Waals surface area contributed by atoms with Crippen molar-refractivity contribution in [3.05, 3.63) is 77.7 Å². The average Bonchev–Trinajstić information content (AvgIpc) is 2.82. The van der Waals surface area contributed by atoms with Crippen LogP contribution < -0.4 is 10.6 Å². The Morgan fingerprint density at radius 2 is 2.00 bits per heavy atom. The first-order valence-electron chi connectivity index (χ1n) is 10.5. The molecular formula is C24H25ClFN3O5. The van der Waals surface area contributed by atoms with Crippen LogP contribution >= 0.6 is 11.6 Å². The van der Waals surface area contributed by atoms with E-state index in [2.05, 4.69) is 15.6 Å². The second-order valence-corrected chi connectivity index (χ2v) is 8.17. The van der Waals surface area contributed by atoms with Crippen LogP contribution in [0.1, 0.15) is 17.5 Å². The molecule has 0 saturated carbocycles. The van der Waals surface area contributed by atoms with Gasteiger partial charge in [0, 0.05) is 25.4 Å². The maximum Gasteiger partial charge on any atom is 0.306 e. The van der Waals surface area contributed by atoms with Crippen molar-refractivity contribution in [2.45, 2.75) is 30.1 Å². The fraction of sp³-hybridized carbons (Fsp3) is 0.292. The molecule has 3 unspecified atom stereocenters. The second kappa shape index (κ2) is 11.2. The minimum absolute atomic E-state index is 0.0949. The molecule has 0 fully saturated rings. The molecule has 0 radical (unpaired) electrons. The fourth-order valence-electron chi connectivity index (χ4n) is 3.41. The van der Waals surface area contributed by atoms with Gasteiger partial charge in [-0.25, -0.2) is 9.37 Å². The lowest BCUT2D eigenvalue weighted by molar-refractivity contribution is -0.139. The van der Waals surface area contributed by atoms with Gasteiger partial charge in [-0.3, -0.25) is 9.59 Å². The van der Waals surface area contributed by atoms with Crippen LogP contribution in [0.2, 0.25) is 0 Å². The van der Waals surface area contributed by atoms with E-state index in [-0.39, 0.29) is 24.5 Å². The van der Waals surface area contributed by atoms with Gasteiger partial charge in [-0.15, -0.1) is 11.6 Å². The number of alkyl halides is 2. The molecule has 1 aliphatic carbocycles. The van der Waals surface area contributed by atoms with Crippen LogP contribution in [0.4, 0.5) is 10.2 Å². The van der Waals surface area contributed by atoms with Crippen molar-refractivity contribution < 1.29 is 28.9 Å². The van der Waals surface area contributed by atoms with Crippen molar-refractivity contribution in [1.82, 2.24) is 10.3 Å². The van der Waals surface area contributed by atoms with Crippen molar-refractivity contribution in [3.63, 3.8) is 0 Å². The van der Waals surface area contributed by atoms with E-state index in [1.54, 1.807) is 36.4 Å². The summed E-state index contributed by atoms with van der Waals surface area (Å²) in [6, 6.07) is 12.1. The van der Waals surface area contributed by atoms with Gasteiger partial charge in [0.1, 0.15) is 17.0 Å². The normalized spacial score (nSPS) is 20.6. The summed E-state index contributed by atoms with van der Waals surface area (Å²) >= 11 is 6.46. The third-order valence-corrected chi connectivity index (χ3v) is 5.72. The number of halogens is 2. The van der Waals surface area contributed by atoms with E-state index in [0.717, 1.165) is 11.6 Å². The van der Waals surface area contributed by atoms with Crippen molar-refractivity contribution in [1.29, 1.82) is 0 Å². The van der Waals surface area contributed by atoms with Crippen LogP contribution in [0.3, 0.4) is 0 Å². The summed E-state index contributed by atoms with van der Waals surface area (Å²) in [6.07, 6.45) is 2.76. The Morgan fingerprint density at radius 3 is 2.62 bits per heavy atom. The largest absolute Gasteiger partial charge is 0.497 e. The molecule has 1 aromatic carbocycles. The number of aromatic nitrogens is 1. The molecule has 1 heterocycles. The van der Waals surface area contributed by atoms with E-state index in [0.29, 0.717) is 17.7 Å². The van der Waals surface area contributed by atoms with E-state index in [9.17, 15) is 14.7 Å². The van der Waals surface area contributed by atoms with Crippen LogP contribution in [0.25, 0.3) is 5.57 Å². The highest BCUT2D eigenvalue weighted by molar-refractivity contribution is 6.30. The minimum Gasteiger partial charge on any atom is -0.497 e. The fourth-order valence-corrected chi connectivity index (χ4v) is 3.76. The highest BCUT2D eigenvalue weighted by Crippen LogP contribution is 2.40. The summed E-state index contributed by atoms with van der Waals surface area (Å²) in [4.78, 5) is 27.6. The first kappa shape index (κ1) is 25.4. The molecule has 0 spiro atoms. The zero-order chi connectivity index (χ0) is 24.7. The number of allylic oxidation sites excluding steroid dienone is 2. The summed E-state index contributed by atoms with van der Waals surface area (Å²) in [5.74, 6) is -1.77. The summed E-state index contributed by atoms with van der Waals surface area (Å²) in [6.45, 7) is 0.414. The molecule has 3 rings (SSSR count). The predicted molar refractivity (Wildman–Crippen MR) is 126 cm³/mol. The van der Waals surface area contributed by atoms with Gasteiger partial charge in [0.25, 0.3) is 5.91 Å². The van der Waals surface area contributed by atoms with Crippen molar-refractivity contribution in [2.75, 3.05) is 19.0 Å². The Balaban J connectivity index is 1.66. The molecule has 0 bridgehead atoms. The number of rotatable bonds is 10. The maximum absolute atomic E-state index is 16.0. The Bertz CT molecular complexity index is 1080. The number of methoxy groups -OCH3 is 1. The van der Waals surface area contributed by atoms with Crippen LogP contribution in [0.15, 0.2) is 66.6 Å². The number of benzene rings is 1. The average molecular weight is 490 g/mol. The van der Waals surface area contributed by atoms with E-state index in [4.69, 9.17) is 21.4 Å². The standard InChI is InChI=1S/C24H25ClFN3O5/c1-34-18-10-19(16-5-3-2-4-6-16)22(25)24(26,11-18)23(33)29-20-8-7-15(13-28-20)12-27-14-17(30)9-21(31)32/h2-8,10-11,13,17,22,27,30H,9,12,14H2,1H3,(H,31,32)(H,28,29,33). The van der Waals surface area contributed by atoms with Gasteiger partial charge >= 0.3 is 5.97 Å². The summed E-state index contributed by atoms with van der Waals surface area (Å²) < 4.78 is 21.2. The van der Waals surface area contributed by atoms with Crippen molar-refractivity contribution >= 4 is 34.9 Å². The first-order valence-corrected chi connectivity index (χ1v) is 10.9. The lowest BCUT2D eigenvalue weighted by Gasteiger charge is -2.31. The molecule has 2 aromatic rings. The molecule has 0 aliphatic heterocycles. The number of hydrogen-bond acceptors (Lipinski definition) is 6. The Labute approximate surface area is 201 Å². The van der Waals surface area contributed by atoms with Crippen molar-refractivity contribution in [3.8, 4) is 0 Å². The predicted octanol–water partition coefficient (Wildman–Crippen LogP) is 2.89. The number of ether oxygens (including phenoxy) is 1. The molecular weight excluding hydrogens is 465 g/mol. The molecule has 1 aliphatic rings. The number of nitrogens with one attached hydrogen (secondary N) is 2. The summed E-state index contributed by atoms with van der Waals surface area (Å²) in [5.41, 5.74) is -0.781. The van der Waals surface area contributed by atoms with Gasteiger partial charge in [-0.2, -0.15) is 0 Å². The monoisotopic (exact) mass is 489 g/mol. The molecule has 1 aromatic heterocycles. The van der Waals surface area contributed by atoms with E-state index >= 15 is 4.39 Å². The summed E-state index contributed by atoms with van der Waals surface area (Å²) in [5, 5.41) is 22.3. The number of hydrogen-bond donors (Lipinski definition) is 4. The third kappa shape index (κ3) is 6.19. The minimum atomic E-state index is -2.59. The number of aliphatic carboxylic acids is 1. The topological polar surface area (TPSA) is 121 Å². The number of pyridine rings is 1. The van der Waals surface area contributed by atoms with Gasteiger partial charge in [-0.05, 0) is 28.8 Å². The van der Waals surface area contributed by atoms with Gasteiger partial charge < -0.3 is 25.6 Å². The van der Waals surface area contributed by atoms with E-state index < -0.39 is 29.0 Å². The van der Waals surface area contributed by atoms with E-state index in [1.165, 1.54) is 19.4 Å². The first-order chi connectivity index (χ1) is 16.2. The molecule has 1 amide bonds. The number of carboxylic acid groups (broad SMARTS) is 1. The highest BCUT2D eigenvalue weighted by atomic mass is 35.5. The number of aliphatic hydroxyl groups excluding tert-OH is 1. The van der Waals surface area contributed by atoms with E-state index in [1.807, 2.05) is 6.07 Å². The lowest BCUT2D eigenvalue weighted by Crippen LogP contribution is -2.47. The number of carbonyl (C=O) groups is 2. The van der Waals surface area contributed by atoms with Crippen molar-refractivity contribution in [2.24, 2.45) is 0 Å². The molecule has 34 heavy (non-hydrogen) atoms. The van der Waals surface area contributed by atoms with Gasteiger partial charge in [0.05, 0.1) is 19.6 Å². The zero-order valence-corrected chi connectivity index (χ0v) is 19.1. The number of aliphatic hydroxyl groups is 1. The molecule has 4 N–H and O–H groups in total. The van der Waals surface area contributed by atoms with Crippen LogP contribution in [0, 0.1) is 0 Å². The van der Waals surface area contributed by atoms with Gasteiger partial charge in [0.15, 0.2) is 0 Å². The quantitative estimate of drug-likeness (QED) is 0.379. The van der Waals surface area contributed by atoms with Crippen LogP contribution in [-0.4, -0.2) is 57.9 Å². The molecule has 3 atom stereocenters. The zero-order valence-electron chi connectivity index (χ0n) is 18.4. The number of anilines is 1. The number of carbonyl (C=O) groups excluding carboxylic acids is 1. The number of amides is 1. The Kier molecular flexibility index (Phi) is 8.38. The van der Waals surface area contributed by atoms with Crippen LogP contribution in [-0.2, 0) is 20.9 Å². The molecule has 0 saturated heterocycles. The van der Waals surface area contributed by atoms with Crippen LogP contribution in [0.5, 0.6) is 0 Å². The lowest BCUT2D eigenvalue weighted by atomic mass is 9.85. The van der Waals surface area contributed by atoms with Gasteiger partial charge in [0.2, 0.25) is 5.67 Å². The number of carboxylic acids is 1. The number of nitrogens with zero attached hydrogens (tertiary/aromatic N) is 1. The Hall–Kier alpha value is -3.27. The molecule has 10 heteroatoms. The molecule has 180 valence electrons. The highest BCUT2D eigenvalue weighted by Gasteiger charge is 2.48. The van der Waals surface area contributed by atoms with Gasteiger partial charge in [-0.1, -0.05) is 36.4 Å².